The Bertz CT molecular complexity index is 171. The summed E-state index contributed by atoms with van der Waals surface area (Å²) in [6.45, 7) is 0. The Morgan fingerprint density at radius 3 is 0.933 bits per heavy atom. The van der Waals surface area contributed by atoms with Gasteiger partial charge in [0.05, 0.1) is 0 Å². The monoisotopic (exact) mass is 316 g/mol. The molecule has 0 unspecified atom stereocenters. The van der Waals surface area contributed by atoms with Crippen LogP contribution in [0.2, 0.25) is 0 Å². The molecule has 0 aromatic heterocycles. The Morgan fingerprint density at radius 1 is 0.800 bits per heavy atom. The normalized spacial score (nSPS) is 8.27. The first kappa shape index (κ1) is 43.3. The van der Waals surface area contributed by atoms with Gasteiger partial charge in [0.25, 0.3) is 0 Å². The minimum absolute atomic E-state index is 0. The molecule has 0 amide bonds. The Morgan fingerprint density at radius 2 is 0.933 bits per heavy atom. The van der Waals surface area contributed by atoms with Gasteiger partial charge in [-0.3, -0.25) is 0 Å². The maximum Gasteiger partial charge on any atom is 2.00 e. The molecular formula is H15CaNaO11P2. The van der Waals surface area contributed by atoms with E-state index in [0.29, 0.717) is 0 Å². The van der Waals surface area contributed by atoms with Gasteiger partial charge in [0.15, 0.2) is 0 Å². The maximum absolute atomic E-state index is 9.63. The first-order valence-corrected chi connectivity index (χ1v) is 4.59. The summed E-state index contributed by atoms with van der Waals surface area (Å²) >= 11 is 0. The van der Waals surface area contributed by atoms with Crippen molar-refractivity contribution in [1.82, 2.24) is 0 Å². The summed E-state index contributed by atoms with van der Waals surface area (Å²) in [5.41, 5.74) is 0. The van der Waals surface area contributed by atoms with Crippen LogP contribution in [0.3, 0.4) is 0 Å². The molecule has 0 atom stereocenters. The molecule has 0 saturated heterocycles. The standard InChI is InChI=1S/Ca.Na.H4O7P2.4H2O.3H/c;;1-8(2,3)7-9(4,5)6;;;;;;;/h;;(H2,1,2,3)(H2,4,5,6);4*1H2;;;/q+2;+1;;;;;;3*-1. The molecule has 15 heteroatoms. The van der Waals surface area contributed by atoms with Crippen molar-refractivity contribution in [3.63, 3.8) is 0 Å². The van der Waals surface area contributed by atoms with Crippen LogP contribution in [0.1, 0.15) is 4.28 Å². The van der Waals surface area contributed by atoms with Crippen molar-refractivity contribution in [2.24, 2.45) is 0 Å². The van der Waals surface area contributed by atoms with Gasteiger partial charge in [0.2, 0.25) is 0 Å². The van der Waals surface area contributed by atoms with E-state index in [0.717, 1.165) is 0 Å². The van der Waals surface area contributed by atoms with Crippen LogP contribution in [0.15, 0.2) is 0 Å². The molecule has 0 fully saturated rings. The molecule has 0 aliphatic rings. The number of rotatable bonds is 2. The summed E-state index contributed by atoms with van der Waals surface area (Å²) in [7, 11) is -10.1. The van der Waals surface area contributed by atoms with E-state index in [4.69, 9.17) is 19.6 Å². The van der Waals surface area contributed by atoms with E-state index in [1.807, 2.05) is 0 Å². The van der Waals surface area contributed by atoms with Crippen LogP contribution in [0, 0.1) is 0 Å². The fourth-order valence-electron chi connectivity index (χ4n) is 0.139. The Kier molecular flexibility index (Phi) is 47.2. The molecule has 0 spiro atoms. The van der Waals surface area contributed by atoms with E-state index in [2.05, 4.69) is 4.31 Å². The van der Waals surface area contributed by atoms with Gasteiger partial charge >= 0.3 is 82.9 Å². The van der Waals surface area contributed by atoms with Gasteiger partial charge in [-0.15, -0.1) is 0 Å². The van der Waals surface area contributed by atoms with Gasteiger partial charge < -0.3 is 45.8 Å². The zero-order valence-electron chi connectivity index (χ0n) is 10.6. The van der Waals surface area contributed by atoms with E-state index >= 15 is 0 Å². The van der Waals surface area contributed by atoms with Crippen molar-refractivity contribution < 1.29 is 88.8 Å². The minimum Gasteiger partial charge on any atom is -1.00 e. The van der Waals surface area contributed by atoms with Gasteiger partial charge in [-0.1, -0.05) is 0 Å². The van der Waals surface area contributed by atoms with Crippen molar-refractivity contribution in [2.75, 3.05) is 0 Å². The first-order chi connectivity index (χ1) is 3.71. The molecule has 94 valence electrons. The average Bonchev–Trinajstić information content (AvgIpc) is 1.14. The third-order valence-corrected chi connectivity index (χ3v) is 1.91. The molecule has 0 radical (unpaired) electrons. The predicted molar refractivity (Wildman–Crippen MR) is 48.7 cm³/mol. The van der Waals surface area contributed by atoms with Crippen LogP contribution in [0.4, 0.5) is 0 Å². The molecule has 0 aliphatic carbocycles. The predicted octanol–water partition coefficient (Wildman–Crippen LogP) is -7.15. The van der Waals surface area contributed by atoms with Gasteiger partial charge in [-0.25, -0.2) is 9.13 Å². The summed E-state index contributed by atoms with van der Waals surface area (Å²) in [6, 6.07) is 0. The zero-order valence-corrected chi connectivity index (χ0v) is 13.6. The summed E-state index contributed by atoms with van der Waals surface area (Å²) < 4.78 is 22.2. The SMILES string of the molecule is O.O.O.O.O=P(O)(O)OP(=O)(O)O.[Ca+2].[H-].[H-].[H-].[Na+]. The van der Waals surface area contributed by atoms with Crippen LogP contribution in [0.5, 0.6) is 0 Å². The summed E-state index contributed by atoms with van der Waals surface area (Å²) in [4.78, 5) is 31.0. The average molecular weight is 316 g/mol. The minimum atomic E-state index is -5.05. The van der Waals surface area contributed by atoms with E-state index in [1.54, 1.807) is 0 Å². The van der Waals surface area contributed by atoms with Gasteiger partial charge in [-0.2, -0.15) is 4.31 Å². The Labute approximate surface area is 141 Å². The largest absolute Gasteiger partial charge is 2.00 e. The van der Waals surface area contributed by atoms with E-state index in [-0.39, 0.29) is 93.5 Å². The van der Waals surface area contributed by atoms with E-state index in [9.17, 15) is 9.13 Å². The Hall–Kier alpha value is 2.36. The maximum atomic E-state index is 9.63. The second-order valence-corrected chi connectivity index (χ2v) is 3.68. The van der Waals surface area contributed by atoms with Crippen LogP contribution >= 0.6 is 15.6 Å². The molecule has 15 heavy (non-hydrogen) atoms. The number of hydrogen-bond donors (Lipinski definition) is 4. The third-order valence-electron chi connectivity index (χ3n) is 0.213. The molecular weight excluding hydrogens is 301 g/mol. The summed E-state index contributed by atoms with van der Waals surface area (Å²) in [5.74, 6) is 0. The molecule has 0 heterocycles. The van der Waals surface area contributed by atoms with Crippen LogP contribution < -0.4 is 29.6 Å². The molecule has 11 nitrogen and oxygen atoms in total. The molecule has 0 rings (SSSR count). The molecule has 0 saturated carbocycles. The third kappa shape index (κ3) is 48.3. The second kappa shape index (κ2) is 16.4. The molecule has 0 bridgehead atoms. The Balaban J connectivity index is -0.00000000889. The molecule has 0 aromatic rings. The van der Waals surface area contributed by atoms with Crippen molar-refractivity contribution in [3.8, 4) is 0 Å². The van der Waals surface area contributed by atoms with Crippen LogP contribution in [0.25, 0.3) is 0 Å². The van der Waals surface area contributed by atoms with Crippen LogP contribution in [-0.2, 0) is 13.4 Å². The van der Waals surface area contributed by atoms with E-state index in [1.165, 1.54) is 0 Å². The van der Waals surface area contributed by atoms with Gasteiger partial charge in [-0.05, 0) is 0 Å². The van der Waals surface area contributed by atoms with Crippen molar-refractivity contribution in [1.29, 1.82) is 0 Å². The molecule has 12 N–H and O–H groups in total. The van der Waals surface area contributed by atoms with Crippen molar-refractivity contribution in [3.05, 3.63) is 0 Å². The number of phosphoric acid groups is 2. The van der Waals surface area contributed by atoms with Gasteiger partial charge in [0.1, 0.15) is 0 Å². The number of hydrogen-bond acceptors (Lipinski definition) is 3. The van der Waals surface area contributed by atoms with Crippen molar-refractivity contribution >= 4 is 53.4 Å². The summed E-state index contributed by atoms with van der Waals surface area (Å²) in [6.07, 6.45) is 0. The summed E-state index contributed by atoms with van der Waals surface area (Å²) in [5, 5.41) is 0. The molecule has 0 aromatic carbocycles. The quantitative estimate of drug-likeness (QED) is 0.282. The fourth-order valence-corrected chi connectivity index (χ4v) is 1.25. The topological polar surface area (TPSA) is 250 Å². The second-order valence-electron chi connectivity index (χ2n) is 1.06. The fraction of sp³-hybridized carbons (Fsp3) is 0. The first-order valence-electron chi connectivity index (χ1n) is 1.53. The smallest absolute Gasteiger partial charge is 1.00 e. The van der Waals surface area contributed by atoms with E-state index < -0.39 is 15.6 Å². The molecule has 0 aliphatic heterocycles. The van der Waals surface area contributed by atoms with Gasteiger partial charge in [0, 0.05) is 0 Å². The van der Waals surface area contributed by atoms with Crippen LogP contribution in [-0.4, -0.2) is 79.2 Å². The van der Waals surface area contributed by atoms with Crippen molar-refractivity contribution in [2.45, 2.75) is 0 Å². The zero-order chi connectivity index (χ0) is 7.71.